The number of H-pyrrole nitrogens is 1. The second kappa shape index (κ2) is 7.50. The Balaban J connectivity index is 1.40. The summed E-state index contributed by atoms with van der Waals surface area (Å²) in [4.78, 5) is 15.3. The zero-order chi connectivity index (χ0) is 20.4. The molecular weight excluding hydrogens is 381 g/mol. The number of hydrogen-bond acceptors (Lipinski definition) is 2. The maximum atomic E-state index is 12.9. The molecule has 0 spiro atoms. The van der Waals surface area contributed by atoms with E-state index in [9.17, 15) is 18.0 Å². The van der Waals surface area contributed by atoms with Crippen LogP contribution >= 0.6 is 0 Å². The molecule has 2 aromatic heterocycles. The predicted molar refractivity (Wildman–Crippen MR) is 103 cm³/mol. The Morgan fingerprint density at radius 3 is 2.55 bits per heavy atom. The van der Waals surface area contributed by atoms with Gasteiger partial charge in [-0.05, 0) is 54.4 Å². The Hall–Kier alpha value is -3.48. The number of halogens is 3. The van der Waals surface area contributed by atoms with Gasteiger partial charge < -0.3 is 14.7 Å². The van der Waals surface area contributed by atoms with Gasteiger partial charge in [0.1, 0.15) is 5.76 Å². The van der Waals surface area contributed by atoms with Gasteiger partial charge in [-0.15, -0.1) is 0 Å². The molecule has 0 atom stereocenters. The SMILES string of the molecule is O=C(NCCc1c[nH]c2ccc(C(F)(F)F)cc12)c1ccc(-c2ccco2)cc1. The van der Waals surface area contributed by atoms with E-state index in [0.29, 0.717) is 29.4 Å². The van der Waals surface area contributed by atoms with E-state index in [4.69, 9.17) is 4.42 Å². The smallest absolute Gasteiger partial charge is 0.416 e. The van der Waals surface area contributed by atoms with Gasteiger partial charge in [-0.3, -0.25) is 4.79 Å². The molecule has 4 nitrogen and oxygen atoms in total. The van der Waals surface area contributed by atoms with Gasteiger partial charge in [-0.2, -0.15) is 13.2 Å². The number of rotatable bonds is 5. The standard InChI is InChI=1S/C22H17F3N2O2/c23-22(24,25)17-7-8-19-18(12-17)16(13-27-19)9-10-26-21(28)15-5-3-14(4-6-15)20-2-1-11-29-20/h1-8,11-13,27H,9-10H2,(H,26,28). The van der Waals surface area contributed by atoms with Gasteiger partial charge in [-0.25, -0.2) is 0 Å². The number of fused-ring (bicyclic) bond motifs is 1. The molecule has 0 radical (unpaired) electrons. The van der Waals surface area contributed by atoms with Gasteiger partial charge >= 0.3 is 6.18 Å². The zero-order valence-electron chi connectivity index (χ0n) is 15.2. The minimum absolute atomic E-state index is 0.244. The second-order valence-corrected chi connectivity index (χ2v) is 6.63. The van der Waals surface area contributed by atoms with Crippen molar-refractivity contribution in [2.45, 2.75) is 12.6 Å². The number of hydrogen-bond donors (Lipinski definition) is 2. The van der Waals surface area contributed by atoms with Gasteiger partial charge in [0, 0.05) is 34.8 Å². The fourth-order valence-corrected chi connectivity index (χ4v) is 3.20. The molecule has 2 N–H and O–H groups in total. The van der Waals surface area contributed by atoms with Crippen molar-refractivity contribution >= 4 is 16.8 Å². The van der Waals surface area contributed by atoms with Crippen molar-refractivity contribution < 1.29 is 22.4 Å². The summed E-state index contributed by atoms with van der Waals surface area (Å²) >= 11 is 0. The van der Waals surface area contributed by atoms with Crippen molar-refractivity contribution in [3.05, 3.63) is 83.7 Å². The second-order valence-electron chi connectivity index (χ2n) is 6.63. The third-order valence-corrected chi connectivity index (χ3v) is 4.73. The summed E-state index contributed by atoms with van der Waals surface area (Å²) in [6.45, 7) is 0.308. The molecule has 0 aliphatic carbocycles. The van der Waals surface area contributed by atoms with E-state index in [1.165, 1.54) is 6.07 Å². The molecule has 0 aliphatic heterocycles. The molecule has 148 valence electrons. The van der Waals surface area contributed by atoms with Crippen LogP contribution in [0.2, 0.25) is 0 Å². The average molecular weight is 398 g/mol. The summed E-state index contributed by atoms with van der Waals surface area (Å²) in [7, 11) is 0. The van der Waals surface area contributed by atoms with Crippen LogP contribution in [-0.4, -0.2) is 17.4 Å². The molecule has 1 amide bonds. The third kappa shape index (κ3) is 4.03. The van der Waals surface area contributed by atoms with E-state index >= 15 is 0 Å². The number of alkyl halides is 3. The molecular formula is C22H17F3N2O2. The molecule has 2 heterocycles. The molecule has 7 heteroatoms. The van der Waals surface area contributed by atoms with Crippen LogP contribution in [0.15, 0.2) is 71.5 Å². The number of aromatic nitrogens is 1. The monoisotopic (exact) mass is 398 g/mol. The van der Waals surface area contributed by atoms with Crippen molar-refractivity contribution in [3.8, 4) is 11.3 Å². The summed E-state index contributed by atoms with van der Waals surface area (Å²) in [5.74, 6) is 0.473. The molecule has 0 aliphatic rings. The normalized spacial score (nSPS) is 11.7. The van der Waals surface area contributed by atoms with Crippen LogP contribution in [0.25, 0.3) is 22.2 Å². The number of carbonyl (C=O) groups is 1. The molecule has 0 fully saturated rings. The van der Waals surface area contributed by atoms with Crippen LogP contribution in [0.5, 0.6) is 0 Å². The van der Waals surface area contributed by atoms with Crippen LogP contribution < -0.4 is 5.32 Å². The van der Waals surface area contributed by atoms with E-state index in [1.54, 1.807) is 42.8 Å². The summed E-state index contributed by atoms with van der Waals surface area (Å²) in [6.07, 6.45) is -0.719. The predicted octanol–water partition coefficient (Wildman–Crippen LogP) is 5.42. The van der Waals surface area contributed by atoms with Gasteiger partial charge in [0.25, 0.3) is 5.91 Å². The first-order chi connectivity index (χ1) is 13.9. The number of carbonyl (C=O) groups excluding carboxylic acids is 1. The first kappa shape index (κ1) is 18.9. The number of benzene rings is 2. The third-order valence-electron chi connectivity index (χ3n) is 4.73. The fraction of sp³-hybridized carbons (Fsp3) is 0.136. The molecule has 4 rings (SSSR count). The van der Waals surface area contributed by atoms with E-state index in [1.807, 2.05) is 6.07 Å². The van der Waals surface area contributed by atoms with E-state index < -0.39 is 11.7 Å². The summed E-state index contributed by atoms with van der Waals surface area (Å²) in [5.41, 5.74) is 2.03. The number of aromatic amines is 1. The topological polar surface area (TPSA) is 58.0 Å². The Kier molecular flexibility index (Phi) is 4.88. The summed E-state index contributed by atoms with van der Waals surface area (Å²) in [6, 6.07) is 14.2. The lowest BCUT2D eigenvalue weighted by Crippen LogP contribution is -2.25. The zero-order valence-corrected chi connectivity index (χ0v) is 15.2. The Labute approximate surface area is 164 Å². The first-order valence-electron chi connectivity index (χ1n) is 9.01. The average Bonchev–Trinajstić information content (AvgIpc) is 3.37. The lowest BCUT2D eigenvalue weighted by atomic mass is 10.1. The van der Waals surface area contributed by atoms with Crippen molar-refractivity contribution in [1.82, 2.24) is 10.3 Å². The van der Waals surface area contributed by atoms with Gasteiger partial charge in [0.2, 0.25) is 0 Å². The Morgan fingerprint density at radius 2 is 1.86 bits per heavy atom. The van der Waals surface area contributed by atoms with Crippen molar-refractivity contribution in [2.24, 2.45) is 0 Å². The molecule has 4 aromatic rings. The minimum Gasteiger partial charge on any atom is -0.464 e. The fourth-order valence-electron chi connectivity index (χ4n) is 3.20. The highest BCUT2D eigenvalue weighted by Crippen LogP contribution is 2.32. The number of nitrogens with one attached hydrogen (secondary N) is 2. The highest BCUT2D eigenvalue weighted by Gasteiger charge is 2.30. The van der Waals surface area contributed by atoms with Gasteiger partial charge in [-0.1, -0.05) is 12.1 Å². The Morgan fingerprint density at radius 1 is 1.07 bits per heavy atom. The van der Waals surface area contributed by atoms with Crippen molar-refractivity contribution in [2.75, 3.05) is 6.54 Å². The van der Waals surface area contributed by atoms with Crippen LogP contribution in [0.4, 0.5) is 13.2 Å². The van der Waals surface area contributed by atoms with Gasteiger partial charge in [0.05, 0.1) is 11.8 Å². The lowest BCUT2D eigenvalue weighted by Gasteiger charge is -2.08. The van der Waals surface area contributed by atoms with Crippen LogP contribution in [0.3, 0.4) is 0 Å². The molecule has 0 saturated heterocycles. The van der Waals surface area contributed by atoms with Crippen LogP contribution in [0, 0.1) is 0 Å². The summed E-state index contributed by atoms with van der Waals surface area (Å²) < 4.78 is 44.2. The maximum Gasteiger partial charge on any atom is 0.416 e. The quantitative estimate of drug-likeness (QED) is 0.472. The van der Waals surface area contributed by atoms with E-state index in [-0.39, 0.29) is 5.91 Å². The molecule has 0 unspecified atom stereocenters. The first-order valence-corrected chi connectivity index (χ1v) is 9.01. The Bertz CT molecular complexity index is 1130. The molecule has 0 bridgehead atoms. The lowest BCUT2D eigenvalue weighted by molar-refractivity contribution is -0.137. The largest absolute Gasteiger partial charge is 0.464 e. The summed E-state index contributed by atoms with van der Waals surface area (Å²) in [5, 5.41) is 3.31. The van der Waals surface area contributed by atoms with Crippen molar-refractivity contribution in [3.63, 3.8) is 0 Å². The van der Waals surface area contributed by atoms with Gasteiger partial charge in [0.15, 0.2) is 0 Å². The highest BCUT2D eigenvalue weighted by molar-refractivity contribution is 5.94. The van der Waals surface area contributed by atoms with E-state index in [0.717, 1.165) is 29.0 Å². The van der Waals surface area contributed by atoms with Crippen LogP contribution in [-0.2, 0) is 12.6 Å². The molecule has 29 heavy (non-hydrogen) atoms. The maximum absolute atomic E-state index is 12.9. The highest BCUT2D eigenvalue weighted by atomic mass is 19.4. The number of amides is 1. The van der Waals surface area contributed by atoms with Crippen molar-refractivity contribution in [1.29, 1.82) is 0 Å². The minimum atomic E-state index is -4.39. The number of furan rings is 1. The van der Waals surface area contributed by atoms with Crippen LogP contribution in [0.1, 0.15) is 21.5 Å². The van der Waals surface area contributed by atoms with E-state index in [2.05, 4.69) is 10.3 Å². The molecule has 0 saturated carbocycles. The molecule has 2 aromatic carbocycles.